The standard InChI is InChI=1S/C36H28Cl2N2O3/c1-2-7-21-12-14-23(15-13-21)32(41)30-31(33(42)26-17-16-24(37)20-28(26)38)40-19-18-22-8-3-4-9-25(22)34(40)36(30)27-10-5-6-11-29(27)39-35(36)43/h3-6,8-20,30-31,34H,2,7H2,1H3,(H,39,43)/t30-,31+,34-,36+/m0/s1. The maximum absolute atomic E-state index is 14.9. The molecule has 1 saturated heterocycles. The molecule has 1 N–H and O–H groups in total. The van der Waals surface area contributed by atoms with E-state index >= 15 is 0 Å². The van der Waals surface area contributed by atoms with Crippen molar-refractivity contribution in [1.29, 1.82) is 0 Å². The molecule has 1 fully saturated rings. The van der Waals surface area contributed by atoms with Crippen LogP contribution in [0.5, 0.6) is 0 Å². The van der Waals surface area contributed by atoms with E-state index in [0.717, 1.165) is 29.5 Å². The van der Waals surface area contributed by atoms with Crippen molar-refractivity contribution in [1.82, 2.24) is 4.90 Å². The highest BCUT2D eigenvalue weighted by molar-refractivity contribution is 6.37. The molecule has 43 heavy (non-hydrogen) atoms. The number of Topliss-reactive ketones (excluding diaryl/α,β-unsaturated/α-hetero) is 2. The van der Waals surface area contributed by atoms with Gasteiger partial charge in [-0.05, 0) is 59.0 Å². The third-order valence-electron chi connectivity index (χ3n) is 9.10. The number of halogens is 2. The smallest absolute Gasteiger partial charge is 0.238 e. The largest absolute Gasteiger partial charge is 0.358 e. The monoisotopic (exact) mass is 606 g/mol. The molecule has 0 bridgehead atoms. The van der Waals surface area contributed by atoms with Crippen LogP contribution in [-0.2, 0) is 16.6 Å². The van der Waals surface area contributed by atoms with Gasteiger partial charge in [-0.1, -0.05) is 103 Å². The van der Waals surface area contributed by atoms with Crippen LogP contribution in [0.3, 0.4) is 0 Å². The van der Waals surface area contributed by atoms with Gasteiger partial charge < -0.3 is 10.2 Å². The minimum atomic E-state index is -1.39. The molecule has 4 atom stereocenters. The zero-order valence-corrected chi connectivity index (χ0v) is 24.9. The van der Waals surface area contributed by atoms with E-state index in [4.69, 9.17) is 23.2 Å². The van der Waals surface area contributed by atoms with Crippen molar-refractivity contribution in [2.75, 3.05) is 5.32 Å². The molecule has 0 saturated carbocycles. The molecule has 7 heteroatoms. The normalized spacial score (nSPS) is 23.1. The summed E-state index contributed by atoms with van der Waals surface area (Å²) in [6, 6.07) is 26.0. The number of anilines is 1. The number of carbonyl (C=O) groups excluding carboxylic acids is 3. The Kier molecular flexibility index (Phi) is 6.76. The maximum atomic E-state index is 14.9. The zero-order valence-electron chi connectivity index (χ0n) is 23.4. The Morgan fingerprint density at radius 1 is 0.907 bits per heavy atom. The predicted octanol–water partition coefficient (Wildman–Crippen LogP) is 7.93. The molecule has 3 aliphatic rings. The number of hydrogen-bond acceptors (Lipinski definition) is 4. The highest BCUT2D eigenvalue weighted by atomic mass is 35.5. The molecule has 0 radical (unpaired) electrons. The second-order valence-electron chi connectivity index (χ2n) is 11.4. The van der Waals surface area contributed by atoms with Crippen molar-refractivity contribution in [3.05, 3.63) is 141 Å². The third-order valence-corrected chi connectivity index (χ3v) is 9.64. The van der Waals surface area contributed by atoms with Gasteiger partial charge in [0.05, 0.1) is 17.0 Å². The zero-order chi connectivity index (χ0) is 29.9. The Morgan fingerprint density at radius 3 is 2.42 bits per heavy atom. The van der Waals surface area contributed by atoms with Gasteiger partial charge in [0, 0.05) is 28.0 Å². The Balaban J connectivity index is 1.51. The number of amides is 1. The first-order valence-corrected chi connectivity index (χ1v) is 15.2. The van der Waals surface area contributed by atoms with E-state index in [1.54, 1.807) is 12.1 Å². The van der Waals surface area contributed by atoms with E-state index in [-0.39, 0.29) is 28.1 Å². The van der Waals surface area contributed by atoms with Gasteiger partial charge in [-0.2, -0.15) is 0 Å². The van der Waals surface area contributed by atoms with Crippen molar-refractivity contribution < 1.29 is 14.4 Å². The Labute approximate surface area is 260 Å². The van der Waals surface area contributed by atoms with Gasteiger partial charge in [-0.15, -0.1) is 0 Å². The van der Waals surface area contributed by atoms with E-state index in [1.807, 2.05) is 90.0 Å². The summed E-state index contributed by atoms with van der Waals surface area (Å²) < 4.78 is 0. The van der Waals surface area contributed by atoms with Gasteiger partial charge >= 0.3 is 0 Å². The van der Waals surface area contributed by atoms with Gasteiger partial charge in [0.25, 0.3) is 0 Å². The van der Waals surface area contributed by atoms with Crippen LogP contribution in [0.2, 0.25) is 10.0 Å². The minimum Gasteiger partial charge on any atom is -0.358 e. The number of para-hydroxylation sites is 1. The Morgan fingerprint density at radius 2 is 1.65 bits per heavy atom. The van der Waals surface area contributed by atoms with Crippen LogP contribution in [0.15, 0.2) is 97.2 Å². The lowest BCUT2D eigenvalue weighted by molar-refractivity contribution is -0.122. The summed E-state index contributed by atoms with van der Waals surface area (Å²) >= 11 is 12.8. The molecule has 3 heterocycles. The van der Waals surface area contributed by atoms with Gasteiger partial charge in [0.2, 0.25) is 5.91 Å². The van der Waals surface area contributed by atoms with Crippen molar-refractivity contribution in [2.45, 2.75) is 37.3 Å². The third kappa shape index (κ3) is 4.10. The highest BCUT2D eigenvalue weighted by Crippen LogP contribution is 2.62. The number of aryl methyl sites for hydroxylation is 1. The molecule has 1 amide bonds. The second kappa shape index (κ2) is 10.5. The minimum absolute atomic E-state index is 0.197. The average Bonchev–Trinajstić information content (AvgIpc) is 3.49. The number of benzene rings is 4. The van der Waals surface area contributed by atoms with Crippen molar-refractivity contribution in [3.63, 3.8) is 0 Å². The van der Waals surface area contributed by atoms with E-state index < -0.39 is 23.4 Å². The van der Waals surface area contributed by atoms with Crippen molar-refractivity contribution in [3.8, 4) is 0 Å². The van der Waals surface area contributed by atoms with E-state index in [2.05, 4.69) is 12.2 Å². The van der Waals surface area contributed by atoms with Gasteiger partial charge in [0.15, 0.2) is 11.6 Å². The van der Waals surface area contributed by atoms with Gasteiger partial charge in [0.1, 0.15) is 11.5 Å². The summed E-state index contributed by atoms with van der Waals surface area (Å²) in [6.45, 7) is 2.11. The molecule has 4 aromatic rings. The first-order valence-electron chi connectivity index (χ1n) is 14.4. The summed E-state index contributed by atoms with van der Waals surface area (Å²) in [7, 11) is 0. The summed E-state index contributed by atoms with van der Waals surface area (Å²) in [6.07, 6.45) is 5.67. The average molecular weight is 608 g/mol. The summed E-state index contributed by atoms with van der Waals surface area (Å²) in [4.78, 5) is 46.1. The Hall–Kier alpha value is -4.19. The lowest BCUT2D eigenvalue weighted by atomic mass is 9.62. The van der Waals surface area contributed by atoms with Crippen LogP contribution in [0.25, 0.3) is 6.08 Å². The number of fused-ring (bicyclic) bond motifs is 6. The van der Waals surface area contributed by atoms with Crippen LogP contribution in [-0.4, -0.2) is 28.4 Å². The molecular formula is C36H28Cl2N2O3. The van der Waals surface area contributed by atoms with Crippen LogP contribution in [0.1, 0.15) is 62.4 Å². The molecule has 1 spiro atoms. The quantitative estimate of drug-likeness (QED) is 0.226. The van der Waals surface area contributed by atoms with Gasteiger partial charge in [-0.25, -0.2) is 0 Å². The van der Waals surface area contributed by atoms with Crippen molar-refractivity contribution in [2.24, 2.45) is 5.92 Å². The number of rotatable bonds is 6. The second-order valence-corrected chi connectivity index (χ2v) is 12.2. The van der Waals surface area contributed by atoms with Crippen LogP contribution >= 0.6 is 23.2 Å². The Bertz CT molecular complexity index is 1830. The van der Waals surface area contributed by atoms with Crippen LogP contribution < -0.4 is 5.32 Å². The lowest BCUT2D eigenvalue weighted by Crippen LogP contribution is -2.49. The summed E-state index contributed by atoms with van der Waals surface area (Å²) in [5, 5.41) is 3.68. The molecule has 5 nitrogen and oxygen atoms in total. The molecule has 214 valence electrons. The predicted molar refractivity (Wildman–Crippen MR) is 170 cm³/mol. The number of hydrogen-bond donors (Lipinski definition) is 1. The fourth-order valence-corrected chi connectivity index (χ4v) is 7.82. The van der Waals surface area contributed by atoms with E-state index in [0.29, 0.717) is 21.8 Å². The van der Waals surface area contributed by atoms with Crippen LogP contribution in [0.4, 0.5) is 5.69 Å². The van der Waals surface area contributed by atoms with Gasteiger partial charge in [-0.3, -0.25) is 14.4 Å². The fourth-order valence-electron chi connectivity index (χ4n) is 7.32. The molecule has 0 aliphatic carbocycles. The first-order chi connectivity index (χ1) is 20.9. The maximum Gasteiger partial charge on any atom is 0.238 e. The van der Waals surface area contributed by atoms with Crippen molar-refractivity contribution >= 4 is 52.4 Å². The molecular weight excluding hydrogens is 579 g/mol. The molecule has 4 aromatic carbocycles. The number of nitrogens with one attached hydrogen (secondary N) is 1. The van der Waals surface area contributed by atoms with E-state index in [9.17, 15) is 14.4 Å². The summed E-state index contributed by atoms with van der Waals surface area (Å²) in [5.41, 5.74) is 3.61. The highest BCUT2D eigenvalue weighted by Gasteiger charge is 2.70. The van der Waals surface area contributed by atoms with Crippen LogP contribution in [0, 0.1) is 5.92 Å². The number of carbonyl (C=O) groups is 3. The summed E-state index contributed by atoms with van der Waals surface area (Å²) in [5.74, 6) is -1.97. The SMILES string of the molecule is CCCc1ccc(C(=O)[C@@H]2[C@H](C(=O)c3ccc(Cl)cc3Cl)N3C=Cc4ccccc4[C@H]3[C@]23C(=O)Nc2ccccc23)cc1. The molecule has 0 aromatic heterocycles. The molecule has 7 rings (SSSR count). The number of ketones is 2. The van der Waals surface area contributed by atoms with E-state index in [1.165, 1.54) is 6.07 Å². The first kappa shape index (κ1) is 27.6. The lowest BCUT2D eigenvalue weighted by Gasteiger charge is -2.38. The number of nitrogens with zero attached hydrogens (tertiary/aromatic N) is 1. The molecule has 3 aliphatic heterocycles. The fraction of sp³-hybridized carbons (Fsp3) is 0.194. The molecule has 0 unspecified atom stereocenters. The topological polar surface area (TPSA) is 66.5 Å².